The van der Waals surface area contributed by atoms with E-state index in [9.17, 15) is 5.26 Å². The molecular weight excluding hydrogens is 314 g/mol. The van der Waals surface area contributed by atoms with E-state index in [1.54, 1.807) is 0 Å². The van der Waals surface area contributed by atoms with Crippen LogP contribution in [0.25, 0.3) is 5.57 Å². The Morgan fingerprint density at radius 1 is 1.41 bits per heavy atom. The standard InChI is InChI=1S/C17H18ClN3S/c1-17(2,18)15-5-4-12(10-20-15)14-8-16-21(6-3-7-22-16)11-13(14)9-19/h4-5,8,10H,3,6-7,11H2,1-2H3. The van der Waals surface area contributed by atoms with Gasteiger partial charge >= 0.3 is 0 Å². The van der Waals surface area contributed by atoms with Crippen molar-refractivity contribution >= 4 is 28.9 Å². The first-order valence-electron chi connectivity index (χ1n) is 7.37. The normalized spacial score (nSPS) is 18.6. The molecule has 3 heterocycles. The molecule has 0 saturated carbocycles. The minimum Gasteiger partial charge on any atom is -0.361 e. The highest BCUT2D eigenvalue weighted by atomic mass is 35.5. The van der Waals surface area contributed by atoms with Crippen molar-refractivity contribution in [2.45, 2.75) is 25.1 Å². The predicted molar refractivity (Wildman–Crippen MR) is 92.4 cm³/mol. The number of fused-ring (bicyclic) bond motifs is 1. The summed E-state index contributed by atoms with van der Waals surface area (Å²) in [6.07, 6.45) is 5.14. The zero-order valence-corrected chi connectivity index (χ0v) is 14.3. The minimum atomic E-state index is -0.480. The molecule has 1 fully saturated rings. The minimum absolute atomic E-state index is 0.480. The Kier molecular flexibility index (Phi) is 4.20. The van der Waals surface area contributed by atoms with Crippen molar-refractivity contribution in [2.24, 2.45) is 0 Å². The third kappa shape index (κ3) is 3.02. The van der Waals surface area contributed by atoms with Crippen molar-refractivity contribution in [3.63, 3.8) is 0 Å². The molecule has 3 nitrogen and oxygen atoms in total. The Morgan fingerprint density at radius 2 is 2.23 bits per heavy atom. The van der Waals surface area contributed by atoms with Crippen LogP contribution in [0.4, 0.5) is 0 Å². The number of hydrogen-bond acceptors (Lipinski definition) is 4. The highest BCUT2D eigenvalue weighted by Crippen LogP contribution is 2.36. The van der Waals surface area contributed by atoms with Gasteiger partial charge in [-0.25, -0.2) is 0 Å². The zero-order valence-electron chi connectivity index (χ0n) is 12.8. The maximum atomic E-state index is 9.48. The Hall–Kier alpha value is -1.44. The molecule has 0 aliphatic carbocycles. The summed E-state index contributed by atoms with van der Waals surface area (Å²) in [5, 5.41) is 10.8. The van der Waals surface area contributed by atoms with Crippen molar-refractivity contribution in [2.75, 3.05) is 18.8 Å². The van der Waals surface area contributed by atoms with E-state index in [4.69, 9.17) is 11.6 Å². The molecule has 0 radical (unpaired) electrons. The van der Waals surface area contributed by atoms with Gasteiger partial charge in [0, 0.05) is 29.6 Å². The lowest BCUT2D eigenvalue weighted by Crippen LogP contribution is -2.31. The van der Waals surface area contributed by atoms with Crippen molar-refractivity contribution in [1.82, 2.24) is 9.88 Å². The fourth-order valence-corrected chi connectivity index (χ4v) is 3.80. The molecule has 0 unspecified atom stereocenters. The van der Waals surface area contributed by atoms with Gasteiger partial charge < -0.3 is 4.90 Å². The van der Waals surface area contributed by atoms with Gasteiger partial charge in [0.1, 0.15) is 0 Å². The van der Waals surface area contributed by atoms with E-state index in [0.717, 1.165) is 34.7 Å². The van der Waals surface area contributed by atoms with E-state index in [2.05, 4.69) is 22.0 Å². The Morgan fingerprint density at radius 3 is 2.86 bits per heavy atom. The lowest BCUT2D eigenvalue weighted by Gasteiger charge is -2.34. The molecule has 0 aromatic carbocycles. The van der Waals surface area contributed by atoms with Crippen LogP contribution < -0.4 is 0 Å². The fourth-order valence-electron chi connectivity index (χ4n) is 2.67. The first-order chi connectivity index (χ1) is 10.5. The molecule has 2 aliphatic heterocycles. The third-order valence-corrected chi connectivity index (χ3v) is 5.25. The molecule has 0 spiro atoms. The smallest absolute Gasteiger partial charge is 0.0972 e. The fraction of sp³-hybridized carbons (Fsp3) is 0.412. The van der Waals surface area contributed by atoms with Crippen molar-refractivity contribution in [1.29, 1.82) is 5.26 Å². The molecule has 22 heavy (non-hydrogen) atoms. The number of pyridine rings is 1. The van der Waals surface area contributed by atoms with E-state index < -0.39 is 4.87 Å². The Labute approximate surface area is 140 Å². The molecule has 1 saturated heterocycles. The van der Waals surface area contributed by atoms with Gasteiger partial charge in [-0.2, -0.15) is 5.26 Å². The van der Waals surface area contributed by atoms with Crippen molar-refractivity contribution in [3.05, 3.63) is 46.3 Å². The van der Waals surface area contributed by atoms with Crippen LogP contribution in [-0.2, 0) is 4.87 Å². The van der Waals surface area contributed by atoms with Crippen LogP contribution in [-0.4, -0.2) is 28.7 Å². The second kappa shape index (κ2) is 5.98. The second-order valence-corrected chi connectivity index (χ2v) is 8.07. The first-order valence-corrected chi connectivity index (χ1v) is 8.74. The maximum Gasteiger partial charge on any atom is 0.0972 e. The van der Waals surface area contributed by atoms with Gasteiger partial charge in [0.25, 0.3) is 0 Å². The number of halogens is 1. The monoisotopic (exact) mass is 331 g/mol. The van der Waals surface area contributed by atoms with E-state index in [-0.39, 0.29) is 0 Å². The molecular formula is C17H18ClN3S. The summed E-state index contributed by atoms with van der Waals surface area (Å²) in [5.41, 5.74) is 3.63. The number of thioether (sulfide) groups is 1. The number of nitrogens with zero attached hydrogens (tertiary/aromatic N) is 3. The first kappa shape index (κ1) is 15.5. The van der Waals surface area contributed by atoms with E-state index in [0.29, 0.717) is 6.54 Å². The van der Waals surface area contributed by atoms with E-state index in [1.807, 2.05) is 43.9 Å². The van der Waals surface area contributed by atoms with Crippen LogP contribution in [0.15, 0.2) is 35.0 Å². The highest BCUT2D eigenvalue weighted by Gasteiger charge is 2.24. The van der Waals surface area contributed by atoms with Crippen molar-refractivity contribution in [3.8, 4) is 6.07 Å². The van der Waals surface area contributed by atoms with Crippen molar-refractivity contribution < 1.29 is 0 Å². The number of rotatable bonds is 2. The summed E-state index contributed by atoms with van der Waals surface area (Å²) < 4.78 is 0. The van der Waals surface area contributed by atoms with Crippen LogP contribution in [0.1, 0.15) is 31.5 Å². The highest BCUT2D eigenvalue weighted by molar-refractivity contribution is 8.03. The molecule has 0 N–H and O–H groups in total. The Bertz CT molecular complexity index is 677. The largest absolute Gasteiger partial charge is 0.361 e. The number of hydrogen-bond donors (Lipinski definition) is 0. The number of nitriles is 1. The molecule has 2 aliphatic rings. The van der Waals surface area contributed by atoms with Gasteiger partial charge in [0.15, 0.2) is 0 Å². The summed E-state index contributed by atoms with van der Waals surface area (Å²) in [4.78, 5) is 6.28. The Balaban J connectivity index is 1.97. The molecule has 0 amide bonds. The predicted octanol–water partition coefficient (Wildman–Crippen LogP) is 4.13. The van der Waals surface area contributed by atoms with Gasteiger partial charge in [-0.05, 0) is 32.4 Å². The molecule has 3 rings (SSSR count). The zero-order chi connectivity index (χ0) is 15.7. The molecule has 0 atom stereocenters. The van der Waals surface area contributed by atoms with Gasteiger partial charge in [0.2, 0.25) is 0 Å². The summed E-state index contributed by atoms with van der Waals surface area (Å²) in [6, 6.07) is 6.32. The van der Waals surface area contributed by atoms with Gasteiger partial charge in [-0.15, -0.1) is 23.4 Å². The molecule has 1 aromatic heterocycles. The quantitative estimate of drug-likeness (QED) is 0.764. The van der Waals surface area contributed by atoms with Crippen LogP contribution in [0.3, 0.4) is 0 Å². The third-order valence-electron chi connectivity index (χ3n) is 3.89. The summed E-state index contributed by atoms with van der Waals surface area (Å²) in [7, 11) is 0. The SMILES string of the molecule is CC(C)(Cl)c1ccc(C2=C(C#N)CN3CCCSC3=C2)cn1. The van der Waals surface area contributed by atoms with E-state index in [1.165, 1.54) is 11.4 Å². The lowest BCUT2D eigenvalue weighted by atomic mass is 9.98. The summed E-state index contributed by atoms with van der Waals surface area (Å²) in [5.74, 6) is 1.15. The average Bonchev–Trinajstić information content (AvgIpc) is 2.53. The van der Waals surface area contributed by atoms with Crippen LogP contribution >= 0.6 is 23.4 Å². The van der Waals surface area contributed by atoms with Gasteiger partial charge in [-0.3, -0.25) is 4.98 Å². The van der Waals surface area contributed by atoms with Crippen LogP contribution in [0, 0.1) is 11.3 Å². The topological polar surface area (TPSA) is 39.9 Å². The number of aromatic nitrogens is 1. The average molecular weight is 332 g/mol. The van der Waals surface area contributed by atoms with Crippen LogP contribution in [0.2, 0.25) is 0 Å². The number of alkyl halides is 1. The molecule has 5 heteroatoms. The molecule has 1 aromatic rings. The van der Waals surface area contributed by atoms with Crippen LogP contribution in [0.5, 0.6) is 0 Å². The second-order valence-electron chi connectivity index (χ2n) is 6.01. The van der Waals surface area contributed by atoms with E-state index >= 15 is 0 Å². The lowest BCUT2D eigenvalue weighted by molar-refractivity contribution is 0.390. The summed E-state index contributed by atoms with van der Waals surface area (Å²) >= 11 is 8.16. The number of allylic oxidation sites excluding steroid dienone is 2. The molecule has 0 bridgehead atoms. The molecule has 114 valence electrons. The maximum absolute atomic E-state index is 9.48. The summed E-state index contributed by atoms with van der Waals surface area (Å²) in [6.45, 7) is 5.59. The van der Waals surface area contributed by atoms with Gasteiger partial charge in [-0.1, -0.05) is 6.07 Å². The van der Waals surface area contributed by atoms with Gasteiger partial charge in [0.05, 0.1) is 33.8 Å².